The Hall–Kier alpha value is -0.610. The number of carbonyl (C=O) groups is 1. The SMILES string of the molecule is O=C(CC1(O)CCCC1)N1CCC(CN2CCCCC2)C1. The molecule has 1 atom stereocenters. The Balaban J connectivity index is 1.44. The molecule has 0 bridgehead atoms. The predicted molar refractivity (Wildman–Crippen MR) is 83.0 cm³/mol. The Morgan fingerprint density at radius 3 is 2.48 bits per heavy atom. The molecule has 1 unspecified atom stereocenters. The standard InChI is InChI=1S/C17H30N2O2/c20-16(12-17(21)7-2-3-8-17)19-11-6-15(14-19)13-18-9-4-1-5-10-18/h15,21H,1-14H2. The topological polar surface area (TPSA) is 43.8 Å². The zero-order valence-electron chi connectivity index (χ0n) is 13.2. The summed E-state index contributed by atoms with van der Waals surface area (Å²) in [4.78, 5) is 17.0. The summed E-state index contributed by atoms with van der Waals surface area (Å²) in [5.41, 5.74) is -0.692. The molecular weight excluding hydrogens is 264 g/mol. The largest absolute Gasteiger partial charge is 0.389 e. The molecule has 2 saturated heterocycles. The number of rotatable bonds is 4. The van der Waals surface area contributed by atoms with Gasteiger partial charge in [0.2, 0.25) is 5.91 Å². The van der Waals surface area contributed by atoms with Crippen molar-refractivity contribution in [3.05, 3.63) is 0 Å². The average molecular weight is 294 g/mol. The van der Waals surface area contributed by atoms with E-state index in [0.29, 0.717) is 12.3 Å². The van der Waals surface area contributed by atoms with Crippen LogP contribution in [0.4, 0.5) is 0 Å². The second-order valence-electron chi connectivity index (χ2n) is 7.46. The lowest BCUT2D eigenvalue weighted by Crippen LogP contribution is -2.38. The fourth-order valence-corrected chi connectivity index (χ4v) is 4.32. The summed E-state index contributed by atoms with van der Waals surface area (Å²) in [6, 6.07) is 0. The van der Waals surface area contributed by atoms with Crippen molar-refractivity contribution in [2.75, 3.05) is 32.7 Å². The van der Waals surface area contributed by atoms with Crippen LogP contribution in [0.5, 0.6) is 0 Å². The van der Waals surface area contributed by atoms with Gasteiger partial charge >= 0.3 is 0 Å². The molecule has 1 N–H and O–H groups in total. The first kappa shape index (κ1) is 15.3. The lowest BCUT2D eigenvalue weighted by atomic mass is 9.97. The molecule has 0 spiro atoms. The van der Waals surface area contributed by atoms with Crippen molar-refractivity contribution in [3.63, 3.8) is 0 Å². The summed E-state index contributed by atoms with van der Waals surface area (Å²) in [6.45, 7) is 5.45. The maximum Gasteiger partial charge on any atom is 0.225 e. The van der Waals surface area contributed by atoms with E-state index in [1.54, 1.807) is 0 Å². The van der Waals surface area contributed by atoms with E-state index in [2.05, 4.69) is 4.90 Å². The van der Waals surface area contributed by atoms with Crippen LogP contribution in [0.1, 0.15) is 57.8 Å². The molecule has 2 heterocycles. The quantitative estimate of drug-likeness (QED) is 0.862. The minimum Gasteiger partial charge on any atom is -0.389 e. The summed E-state index contributed by atoms with van der Waals surface area (Å²) >= 11 is 0. The van der Waals surface area contributed by atoms with Crippen LogP contribution in [0.25, 0.3) is 0 Å². The van der Waals surface area contributed by atoms with Crippen LogP contribution in [0, 0.1) is 5.92 Å². The third kappa shape index (κ3) is 3.98. The fourth-order valence-electron chi connectivity index (χ4n) is 4.32. The highest BCUT2D eigenvalue weighted by Gasteiger charge is 2.36. The molecule has 21 heavy (non-hydrogen) atoms. The van der Waals surface area contributed by atoms with E-state index in [4.69, 9.17) is 0 Å². The highest BCUT2D eigenvalue weighted by Crippen LogP contribution is 2.33. The highest BCUT2D eigenvalue weighted by atomic mass is 16.3. The monoisotopic (exact) mass is 294 g/mol. The summed E-state index contributed by atoms with van der Waals surface area (Å²) in [5.74, 6) is 0.825. The van der Waals surface area contributed by atoms with E-state index >= 15 is 0 Å². The molecule has 1 amide bonds. The smallest absolute Gasteiger partial charge is 0.225 e. The molecule has 3 rings (SSSR count). The van der Waals surface area contributed by atoms with Crippen molar-refractivity contribution >= 4 is 5.91 Å². The molecular formula is C17H30N2O2. The van der Waals surface area contributed by atoms with E-state index in [0.717, 1.165) is 51.7 Å². The summed E-state index contributed by atoms with van der Waals surface area (Å²) < 4.78 is 0. The van der Waals surface area contributed by atoms with Crippen LogP contribution in [-0.2, 0) is 4.79 Å². The van der Waals surface area contributed by atoms with E-state index in [-0.39, 0.29) is 5.91 Å². The molecule has 2 aliphatic heterocycles. The van der Waals surface area contributed by atoms with Gasteiger partial charge in [-0.05, 0) is 51.1 Å². The molecule has 3 fully saturated rings. The molecule has 1 saturated carbocycles. The van der Waals surface area contributed by atoms with E-state index in [1.807, 2.05) is 4.90 Å². The average Bonchev–Trinajstić information content (AvgIpc) is 3.09. The molecule has 120 valence electrons. The van der Waals surface area contributed by atoms with Crippen LogP contribution >= 0.6 is 0 Å². The van der Waals surface area contributed by atoms with E-state index in [9.17, 15) is 9.90 Å². The van der Waals surface area contributed by atoms with Gasteiger partial charge in [0.05, 0.1) is 12.0 Å². The number of carbonyl (C=O) groups excluding carboxylic acids is 1. The normalized spacial score (nSPS) is 30.0. The first-order chi connectivity index (χ1) is 10.1. The molecule has 3 aliphatic rings. The van der Waals surface area contributed by atoms with Crippen molar-refractivity contribution in [2.45, 2.75) is 63.4 Å². The summed E-state index contributed by atoms with van der Waals surface area (Å²) in [5, 5.41) is 10.4. The Labute approximate surface area is 128 Å². The van der Waals surface area contributed by atoms with Gasteiger partial charge in [0, 0.05) is 19.6 Å². The van der Waals surface area contributed by atoms with E-state index in [1.165, 1.54) is 32.4 Å². The second kappa shape index (κ2) is 6.66. The van der Waals surface area contributed by atoms with Crippen molar-refractivity contribution < 1.29 is 9.90 Å². The molecule has 4 heteroatoms. The second-order valence-corrected chi connectivity index (χ2v) is 7.46. The van der Waals surface area contributed by atoms with Crippen LogP contribution in [-0.4, -0.2) is 59.1 Å². The van der Waals surface area contributed by atoms with Crippen molar-refractivity contribution in [2.24, 2.45) is 5.92 Å². The van der Waals surface area contributed by atoms with Crippen LogP contribution in [0.15, 0.2) is 0 Å². The van der Waals surface area contributed by atoms with Crippen LogP contribution in [0.3, 0.4) is 0 Å². The molecule has 0 aromatic heterocycles. The third-order valence-corrected chi connectivity index (χ3v) is 5.62. The molecule has 0 aromatic carbocycles. The Morgan fingerprint density at radius 1 is 1.05 bits per heavy atom. The van der Waals surface area contributed by atoms with Gasteiger partial charge in [-0.1, -0.05) is 19.3 Å². The van der Waals surface area contributed by atoms with Crippen molar-refractivity contribution in [1.82, 2.24) is 9.80 Å². The number of aliphatic hydroxyl groups is 1. The van der Waals surface area contributed by atoms with Crippen LogP contribution < -0.4 is 0 Å². The molecule has 0 radical (unpaired) electrons. The number of hydrogen-bond donors (Lipinski definition) is 1. The first-order valence-electron chi connectivity index (χ1n) is 8.87. The minimum absolute atomic E-state index is 0.181. The zero-order chi connectivity index (χ0) is 14.7. The number of piperidine rings is 1. The summed E-state index contributed by atoms with van der Waals surface area (Å²) in [7, 11) is 0. The third-order valence-electron chi connectivity index (χ3n) is 5.62. The van der Waals surface area contributed by atoms with Gasteiger partial charge in [0.15, 0.2) is 0 Å². The Bertz CT molecular complexity index is 360. The van der Waals surface area contributed by atoms with Gasteiger partial charge in [-0.15, -0.1) is 0 Å². The number of hydrogen-bond acceptors (Lipinski definition) is 3. The van der Waals surface area contributed by atoms with Crippen molar-refractivity contribution in [1.29, 1.82) is 0 Å². The van der Waals surface area contributed by atoms with Gasteiger partial charge < -0.3 is 14.9 Å². The van der Waals surface area contributed by atoms with Gasteiger partial charge in [0.25, 0.3) is 0 Å². The van der Waals surface area contributed by atoms with Gasteiger partial charge in [-0.2, -0.15) is 0 Å². The number of nitrogens with zero attached hydrogens (tertiary/aromatic N) is 2. The summed E-state index contributed by atoms with van der Waals surface area (Å²) in [6.07, 6.45) is 9.30. The predicted octanol–water partition coefficient (Wildman–Crippen LogP) is 2.02. The maximum absolute atomic E-state index is 12.4. The fraction of sp³-hybridized carbons (Fsp3) is 0.941. The first-order valence-corrected chi connectivity index (χ1v) is 8.87. The highest BCUT2D eigenvalue weighted by molar-refractivity contribution is 5.77. The number of likely N-dealkylation sites (tertiary alicyclic amines) is 2. The van der Waals surface area contributed by atoms with Gasteiger partial charge in [-0.25, -0.2) is 0 Å². The maximum atomic E-state index is 12.4. The molecule has 1 aliphatic carbocycles. The number of amides is 1. The zero-order valence-corrected chi connectivity index (χ0v) is 13.2. The van der Waals surface area contributed by atoms with Crippen LogP contribution in [0.2, 0.25) is 0 Å². The van der Waals surface area contributed by atoms with Gasteiger partial charge in [0.1, 0.15) is 0 Å². The van der Waals surface area contributed by atoms with Crippen molar-refractivity contribution in [3.8, 4) is 0 Å². The molecule has 4 nitrogen and oxygen atoms in total. The van der Waals surface area contributed by atoms with Gasteiger partial charge in [-0.3, -0.25) is 4.79 Å². The minimum atomic E-state index is -0.692. The Kier molecular flexibility index (Phi) is 4.85. The lowest BCUT2D eigenvalue weighted by Gasteiger charge is -2.29. The Morgan fingerprint density at radius 2 is 1.76 bits per heavy atom. The van der Waals surface area contributed by atoms with E-state index < -0.39 is 5.60 Å². The molecule has 0 aromatic rings. The lowest BCUT2D eigenvalue weighted by molar-refractivity contribution is -0.135.